The number of carbonyl (C=O) groups is 1. The number of ether oxygens (including phenoxy) is 1. The van der Waals surface area contributed by atoms with Gasteiger partial charge in [-0.3, -0.25) is 18.7 Å². The highest BCUT2D eigenvalue weighted by Crippen LogP contribution is 2.38. The largest absolute Gasteiger partial charge is 0.494 e. The van der Waals surface area contributed by atoms with E-state index in [1.54, 1.807) is 13.1 Å². The van der Waals surface area contributed by atoms with Crippen LogP contribution in [0.1, 0.15) is 25.3 Å². The zero-order chi connectivity index (χ0) is 21.6. The molecule has 0 aliphatic carbocycles. The van der Waals surface area contributed by atoms with Crippen LogP contribution in [0, 0.1) is 5.82 Å². The summed E-state index contributed by atoms with van der Waals surface area (Å²) in [4.78, 5) is 38.8. The van der Waals surface area contributed by atoms with Gasteiger partial charge < -0.3 is 10.1 Å². The Bertz CT molecular complexity index is 1280. The van der Waals surface area contributed by atoms with E-state index in [2.05, 4.69) is 5.32 Å². The Kier molecular flexibility index (Phi) is 5.42. The first-order chi connectivity index (χ1) is 14.3. The van der Waals surface area contributed by atoms with Crippen molar-refractivity contribution < 1.29 is 13.9 Å². The van der Waals surface area contributed by atoms with Crippen LogP contribution in [-0.2, 0) is 11.8 Å². The van der Waals surface area contributed by atoms with E-state index in [0.29, 0.717) is 40.0 Å². The minimum absolute atomic E-state index is 0.0302. The Labute approximate surface area is 179 Å². The highest BCUT2D eigenvalue weighted by atomic mass is 35.5. The van der Waals surface area contributed by atoms with Crippen LogP contribution < -0.4 is 21.3 Å². The molecule has 0 radical (unpaired) electrons. The summed E-state index contributed by atoms with van der Waals surface area (Å²) in [5.74, 6) is -0.736. The maximum Gasteiger partial charge on any atom is 0.331 e. The maximum absolute atomic E-state index is 13.9. The van der Waals surface area contributed by atoms with Gasteiger partial charge in [-0.15, -0.1) is 11.3 Å². The van der Waals surface area contributed by atoms with E-state index in [4.69, 9.17) is 16.3 Å². The van der Waals surface area contributed by atoms with E-state index < -0.39 is 23.1 Å². The molecule has 0 bridgehead atoms. The third-order valence-corrected chi connectivity index (χ3v) is 6.77. The molecule has 2 aromatic heterocycles. The van der Waals surface area contributed by atoms with Gasteiger partial charge in [-0.05, 0) is 31.0 Å². The van der Waals surface area contributed by atoms with Gasteiger partial charge in [0.1, 0.15) is 4.70 Å². The molecule has 1 aliphatic heterocycles. The van der Waals surface area contributed by atoms with Crippen molar-refractivity contribution in [1.29, 1.82) is 0 Å². The van der Waals surface area contributed by atoms with Crippen molar-refractivity contribution in [2.45, 2.75) is 25.3 Å². The van der Waals surface area contributed by atoms with E-state index in [0.717, 1.165) is 6.07 Å². The molecular weight excluding hydrogens is 433 g/mol. The maximum atomic E-state index is 13.9. The highest BCUT2D eigenvalue weighted by Gasteiger charge is 2.25. The van der Waals surface area contributed by atoms with Gasteiger partial charge >= 0.3 is 5.69 Å². The molecular formula is C20H19ClFN3O4S. The molecule has 1 aliphatic rings. The van der Waals surface area contributed by atoms with Crippen molar-refractivity contribution >= 4 is 39.1 Å². The third-order valence-electron chi connectivity index (χ3n) is 5.31. The topological polar surface area (TPSA) is 82.3 Å². The molecule has 3 heterocycles. The van der Waals surface area contributed by atoms with Crippen LogP contribution in [0.5, 0.6) is 5.75 Å². The second kappa shape index (κ2) is 7.88. The summed E-state index contributed by atoms with van der Waals surface area (Å²) < 4.78 is 21.9. The number of nitrogens with one attached hydrogen (secondary N) is 1. The number of hydrogen-bond donors (Lipinski definition) is 1. The van der Waals surface area contributed by atoms with Gasteiger partial charge in [0, 0.05) is 30.5 Å². The summed E-state index contributed by atoms with van der Waals surface area (Å²) in [5, 5.41) is 2.94. The molecule has 30 heavy (non-hydrogen) atoms. The minimum atomic E-state index is -0.589. The number of aryl methyl sites for hydroxylation is 1. The lowest BCUT2D eigenvalue weighted by Crippen LogP contribution is -2.41. The Morgan fingerprint density at radius 2 is 2.03 bits per heavy atom. The second-order valence-corrected chi connectivity index (χ2v) is 8.62. The van der Waals surface area contributed by atoms with Crippen molar-refractivity contribution in [3.63, 3.8) is 0 Å². The molecule has 1 amide bonds. The summed E-state index contributed by atoms with van der Waals surface area (Å²) in [5.41, 5.74) is 0.0515. The predicted octanol–water partition coefficient (Wildman–Crippen LogP) is 3.07. The molecule has 1 atom stereocenters. The number of amides is 1. The average Bonchev–Trinajstić information content (AvgIpc) is 3.04. The standard InChI is InChI=1S/C20H19ClFN3O4S/c1-24-14-9-16(11-7-15(29-2)13(22)8-12(11)21)30-18(14)19(27)25(20(24)28)10-4-3-5-23-17(26)6-10/h7-10H,3-6H2,1-2H3,(H,23,26)/t10-/m0/s1. The normalized spacial score (nSPS) is 17.1. The molecule has 1 saturated heterocycles. The number of rotatable bonds is 3. The minimum Gasteiger partial charge on any atom is -0.494 e. The van der Waals surface area contributed by atoms with Gasteiger partial charge in [0.15, 0.2) is 11.6 Å². The molecule has 7 nitrogen and oxygen atoms in total. The Hall–Kier alpha value is -2.65. The fraction of sp³-hybridized carbons (Fsp3) is 0.350. The number of methoxy groups -OCH3 is 1. The zero-order valence-corrected chi connectivity index (χ0v) is 17.9. The first-order valence-electron chi connectivity index (χ1n) is 9.37. The zero-order valence-electron chi connectivity index (χ0n) is 16.3. The van der Waals surface area contributed by atoms with Gasteiger partial charge in [0.05, 0.1) is 23.7 Å². The Balaban J connectivity index is 1.92. The second-order valence-electron chi connectivity index (χ2n) is 7.16. The lowest BCUT2D eigenvalue weighted by atomic mass is 10.1. The lowest BCUT2D eigenvalue weighted by molar-refractivity contribution is -0.121. The Morgan fingerprint density at radius 1 is 1.27 bits per heavy atom. The van der Waals surface area contributed by atoms with Gasteiger partial charge in [-0.25, -0.2) is 9.18 Å². The van der Waals surface area contributed by atoms with Crippen molar-refractivity contribution in [3.8, 4) is 16.2 Å². The van der Waals surface area contributed by atoms with Crippen molar-refractivity contribution in [3.05, 3.63) is 49.9 Å². The highest BCUT2D eigenvalue weighted by molar-refractivity contribution is 7.22. The number of hydrogen-bond acceptors (Lipinski definition) is 5. The van der Waals surface area contributed by atoms with Crippen LogP contribution in [0.25, 0.3) is 20.7 Å². The van der Waals surface area contributed by atoms with E-state index >= 15 is 0 Å². The molecule has 0 saturated carbocycles. The van der Waals surface area contributed by atoms with Gasteiger partial charge in [0.25, 0.3) is 5.56 Å². The van der Waals surface area contributed by atoms with E-state index in [-0.39, 0.29) is 23.1 Å². The summed E-state index contributed by atoms with van der Waals surface area (Å²) in [7, 11) is 2.94. The van der Waals surface area contributed by atoms with E-state index in [1.165, 1.54) is 33.6 Å². The lowest BCUT2D eigenvalue weighted by Gasteiger charge is -2.16. The third kappa shape index (κ3) is 3.41. The van der Waals surface area contributed by atoms with Crippen LogP contribution in [0.2, 0.25) is 5.02 Å². The van der Waals surface area contributed by atoms with Crippen LogP contribution in [0.3, 0.4) is 0 Å². The SMILES string of the molecule is COc1cc(-c2cc3c(s2)c(=O)n([C@H]2CCCNC(=O)C2)c(=O)n3C)c(Cl)cc1F. The number of carbonyl (C=O) groups excluding carboxylic acids is 1. The molecule has 1 aromatic carbocycles. The first kappa shape index (κ1) is 20.6. The van der Waals surface area contributed by atoms with Crippen LogP contribution in [0.15, 0.2) is 27.8 Å². The fourth-order valence-corrected chi connectivity index (χ4v) is 5.21. The predicted molar refractivity (Wildman–Crippen MR) is 114 cm³/mol. The van der Waals surface area contributed by atoms with Crippen molar-refractivity contribution in [2.24, 2.45) is 7.05 Å². The van der Waals surface area contributed by atoms with Crippen molar-refractivity contribution in [1.82, 2.24) is 14.5 Å². The average molecular weight is 452 g/mol. The molecule has 10 heteroatoms. The quantitative estimate of drug-likeness (QED) is 0.663. The number of halogens is 2. The molecule has 1 fully saturated rings. The monoisotopic (exact) mass is 451 g/mol. The van der Waals surface area contributed by atoms with Gasteiger partial charge in [0.2, 0.25) is 5.91 Å². The Morgan fingerprint density at radius 3 is 2.77 bits per heavy atom. The van der Waals surface area contributed by atoms with Crippen molar-refractivity contribution in [2.75, 3.05) is 13.7 Å². The van der Waals surface area contributed by atoms with Crippen LogP contribution >= 0.6 is 22.9 Å². The summed E-state index contributed by atoms with van der Waals surface area (Å²) in [6, 6.07) is 3.81. The van der Waals surface area contributed by atoms with Gasteiger partial charge in [-0.2, -0.15) is 0 Å². The van der Waals surface area contributed by atoms with E-state index in [9.17, 15) is 18.8 Å². The molecule has 1 N–H and O–H groups in total. The number of fused-ring (bicyclic) bond motifs is 1. The summed E-state index contributed by atoms with van der Waals surface area (Å²) >= 11 is 7.40. The molecule has 4 rings (SSSR count). The number of aromatic nitrogens is 2. The smallest absolute Gasteiger partial charge is 0.331 e. The summed E-state index contributed by atoms with van der Waals surface area (Å²) in [6.45, 7) is 0.528. The first-order valence-corrected chi connectivity index (χ1v) is 10.6. The molecule has 3 aromatic rings. The summed E-state index contributed by atoms with van der Waals surface area (Å²) in [6.07, 6.45) is 1.32. The number of thiophene rings is 1. The molecule has 0 spiro atoms. The molecule has 158 valence electrons. The van der Waals surface area contributed by atoms with Crippen LogP contribution in [-0.4, -0.2) is 28.7 Å². The van der Waals surface area contributed by atoms with E-state index in [1.807, 2.05) is 0 Å². The van der Waals surface area contributed by atoms with Crippen LogP contribution in [0.4, 0.5) is 4.39 Å². The number of nitrogens with zero attached hydrogens (tertiary/aromatic N) is 2. The number of benzene rings is 1. The molecule has 0 unspecified atom stereocenters. The fourth-order valence-electron chi connectivity index (χ4n) is 3.75. The van der Waals surface area contributed by atoms with Gasteiger partial charge in [-0.1, -0.05) is 11.6 Å².